The van der Waals surface area contributed by atoms with E-state index in [9.17, 15) is 36.6 Å². The van der Waals surface area contributed by atoms with E-state index < -0.39 is 61.3 Å². The molecule has 0 spiro atoms. The van der Waals surface area contributed by atoms with Gasteiger partial charge in [0.25, 0.3) is 5.92 Å². The van der Waals surface area contributed by atoms with Crippen molar-refractivity contribution in [3.63, 3.8) is 0 Å². The number of pyridine rings is 1. The van der Waals surface area contributed by atoms with E-state index in [2.05, 4.69) is 15.0 Å². The zero-order chi connectivity index (χ0) is 26.3. The van der Waals surface area contributed by atoms with Gasteiger partial charge in [-0.3, -0.25) is 14.6 Å². The van der Waals surface area contributed by atoms with Crippen molar-refractivity contribution in [3.05, 3.63) is 41.5 Å². The number of nitrogens with zero attached hydrogens (tertiary/aromatic N) is 5. The van der Waals surface area contributed by atoms with Gasteiger partial charge in [0.1, 0.15) is 0 Å². The second-order valence-electron chi connectivity index (χ2n) is 8.77. The monoisotopic (exact) mass is 514 g/mol. The maximum atomic E-state index is 13.8. The van der Waals surface area contributed by atoms with Gasteiger partial charge >= 0.3 is 6.18 Å². The SMILES string of the molecule is N[C@@H](CC(=O)N1CCc2c(nc(-c3ccncc3)nc2C(F)(F)F)C1)CN1C(=O)CCC(F)(F)[C@@H]1O. The Balaban J connectivity index is 1.50. The molecule has 3 N–H and O–H groups in total. The summed E-state index contributed by atoms with van der Waals surface area (Å²) in [6.07, 6.45) is -6.05. The first-order valence-electron chi connectivity index (χ1n) is 11.1. The third-order valence-electron chi connectivity index (χ3n) is 6.16. The fraction of sp³-hybridized carbons (Fsp3) is 0.500. The van der Waals surface area contributed by atoms with Crippen LogP contribution >= 0.6 is 0 Å². The number of rotatable bonds is 5. The number of carbonyl (C=O) groups excluding carboxylic acids is 2. The molecule has 0 unspecified atom stereocenters. The van der Waals surface area contributed by atoms with Gasteiger partial charge in [-0.15, -0.1) is 0 Å². The van der Waals surface area contributed by atoms with E-state index >= 15 is 0 Å². The third kappa shape index (κ3) is 5.28. The number of piperidine rings is 1. The normalized spacial score (nSPS) is 20.8. The van der Waals surface area contributed by atoms with Crippen LogP contribution in [0.5, 0.6) is 0 Å². The molecule has 1 saturated heterocycles. The standard InChI is InChI=1S/C22H23F5N6O3/c23-21(24)5-1-16(34)33(20(21)36)10-13(28)9-17(35)32-8-4-14-15(11-32)30-19(12-2-6-29-7-3-12)31-18(14)22(25,26)27/h2-3,6-7,13,20,36H,1,4-5,8-11,28H2/t13-,20-/m0/s1. The molecular weight excluding hydrogens is 491 g/mol. The lowest BCUT2D eigenvalue weighted by atomic mass is 10.0. The minimum Gasteiger partial charge on any atom is -0.368 e. The van der Waals surface area contributed by atoms with Crippen LogP contribution in [0.4, 0.5) is 22.0 Å². The number of amides is 2. The average Bonchev–Trinajstić information content (AvgIpc) is 2.83. The van der Waals surface area contributed by atoms with E-state index in [1.807, 2.05) is 0 Å². The van der Waals surface area contributed by atoms with Crippen molar-refractivity contribution in [2.24, 2.45) is 5.73 Å². The Labute approximate surface area is 202 Å². The lowest BCUT2D eigenvalue weighted by Crippen LogP contribution is -2.58. The highest BCUT2D eigenvalue weighted by molar-refractivity contribution is 5.79. The summed E-state index contributed by atoms with van der Waals surface area (Å²) < 4.78 is 68.8. The van der Waals surface area contributed by atoms with Crippen LogP contribution in [0.1, 0.15) is 36.2 Å². The largest absolute Gasteiger partial charge is 0.433 e. The van der Waals surface area contributed by atoms with Crippen LogP contribution in [-0.4, -0.2) is 73.0 Å². The van der Waals surface area contributed by atoms with Gasteiger partial charge in [-0.05, 0) is 18.6 Å². The smallest absolute Gasteiger partial charge is 0.368 e. The molecule has 2 amide bonds. The van der Waals surface area contributed by atoms with Crippen molar-refractivity contribution in [1.82, 2.24) is 24.8 Å². The van der Waals surface area contributed by atoms with E-state index in [0.29, 0.717) is 10.5 Å². The molecule has 0 aromatic carbocycles. The number of aliphatic hydroxyl groups excluding tert-OH is 1. The molecule has 1 fully saturated rings. The average molecular weight is 514 g/mol. The first kappa shape index (κ1) is 25.8. The number of carbonyl (C=O) groups is 2. The number of fused-ring (bicyclic) bond motifs is 1. The number of hydrogen-bond donors (Lipinski definition) is 2. The fourth-order valence-corrected chi connectivity index (χ4v) is 4.29. The Morgan fingerprint density at radius 2 is 1.92 bits per heavy atom. The summed E-state index contributed by atoms with van der Waals surface area (Å²) in [5.74, 6) is -4.90. The van der Waals surface area contributed by atoms with E-state index in [0.717, 1.165) is 0 Å². The quantitative estimate of drug-likeness (QED) is 0.583. The van der Waals surface area contributed by atoms with Crippen LogP contribution in [0, 0.1) is 0 Å². The van der Waals surface area contributed by atoms with Crippen LogP contribution in [0.3, 0.4) is 0 Å². The molecule has 14 heteroatoms. The van der Waals surface area contributed by atoms with Crippen molar-refractivity contribution >= 4 is 11.8 Å². The van der Waals surface area contributed by atoms with Crippen molar-refractivity contribution in [2.75, 3.05) is 13.1 Å². The van der Waals surface area contributed by atoms with E-state index in [1.54, 1.807) is 0 Å². The van der Waals surface area contributed by atoms with Gasteiger partial charge in [0.05, 0.1) is 12.2 Å². The summed E-state index contributed by atoms with van der Waals surface area (Å²) in [6.45, 7) is -0.755. The molecule has 0 bridgehead atoms. The fourth-order valence-electron chi connectivity index (χ4n) is 4.29. The van der Waals surface area contributed by atoms with Gasteiger partial charge < -0.3 is 20.6 Å². The topological polar surface area (TPSA) is 126 Å². The molecule has 2 aromatic rings. The van der Waals surface area contributed by atoms with Gasteiger partial charge in [0.15, 0.2) is 17.7 Å². The Bertz CT molecular complexity index is 1150. The highest BCUT2D eigenvalue weighted by Gasteiger charge is 2.48. The lowest BCUT2D eigenvalue weighted by molar-refractivity contribution is -0.205. The molecule has 194 valence electrons. The molecule has 2 aliphatic rings. The molecule has 4 heterocycles. The van der Waals surface area contributed by atoms with Crippen LogP contribution in [0.2, 0.25) is 0 Å². The number of hydrogen-bond acceptors (Lipinski definition) is 7. The third-order valence-corrected chi connectivity index (χ3v) is 6.16. The molecule has 9 nitrogen and oxygen atoms in total. The second-order valence-corrected chi connectivity index (χ2v) is 8.77. The van der Waals surface area contributed by atoms with Crippen LogP contribution < -0.4 is 5.73 Å². The predicted molar refractivity (Wildman–Crippen MR) is 114 cm³/mol. The van der Waals surface area contributed by atoms with Crippen molar-refractivity contribution in [2.45, 2.75) is 56.6 Å². The number of halogens is 5. The summed E-state index contributed by atoms with van der Waals surface area (Å²) in [4.78, 5) is 38.5. The van der Waals surface area contributed by atoms with Crippen LogP contribution in [0.25, 0.3) is 11.4 Å². The van der Waals surface area contributed by atoms with E-state index in [1.165, 1.54) is 29.4 Å². The molecule has 0 saturated carbocycles. The summed E-state index contributed by atoms with van der Waals surface area (Å²) in [7, 11) is 0. The van der Waals surface area contributed by atoms with Crippen molar-refractivity contribution in [1.29, 1.82) is 0 Å². The molecule has 2 atom stereocenters. The summed E-state index contributed by atoms with van der Waals surface area (Å²) in [6, 6.07) is 1.86. The molecule has 0 radical (unpaired) electrons. The van der Waals surface area contributed by atoms with E-state index in [4.69, 9.17) is 5.73 Å². The van der Waals surface area contributed by atoms with Gasteiger partial charge in [-0.2, -0.15) is 13.2 Å². The molecule has 36 heavy (non-hydrogen) atoms. The minimum absolute atomic E-state index is 0.0404. The highest BCUT2D eigenvalue weighted by Crippen LogP contribution is 2.35. The molecule has 0 aliphatic carbocycles. The van der Waals surface area contributed by atoms with Gasteiger partial charge in [-0.25, -0.2) is 18.7 Å². The van der Waals surface area contributed by atoms with Gasteiger partial charge in [0, 0.05) is 61.9 Å². The molecule has 2 aromatic heterocycles. The van der Waals surface area contributed by atoms with Crippen LogP contribution in [0.15, 0.2) is 24.5 Å². The zero-order valence-electron chi connectivity index (χ0n) is 18.9. The Kier molecular flexibility index (Phi) is 6.92. The molecule has 4 rings (SSSR count). The molecule has 2 aliphatic heterocycles. The number of aliphatic hydroxyl groups is 1. The number of alkyl halides is 5. The number of likely N-dealkylation sites (tertiary alicyclic amines) is 1. The van der Waals surface area contributed by atoms with Crippen molar-refractivity contribution in [3.8, 4) is 11.4 Å². The van der Waals surface area contributed by atoms with Crippen molar-refractivity contribution < 1.29 is 36.6 Å². The first-order chi connectivity index (χ1) is 16.9. The summed E-state index contributed by atoms with van der Waals surface area (Å²) in [5.41, 5.74) is 5.12. The first-order valence-corrected chi connectivity index (χ1v) is 11.1. The number of nitrogens with two attached hydrogens (primary N) is 1. The summed E-state index contributed by atoms with van der Waals surface area (Å²) >= 11 is 0. The Morgan fingerprint density at radius 1 is 1.22 bits per heavy atom. The van der Waals surface area contributed by atoms with Crippen LogP contribution in [-0.2, 0) is 28.7 Å². The lowest BCUT2D eigenvalue weighted by Gasteiger charge is -2.38. The maximum Gasteiger partial charge on any atom is 0.433 e. The maximum absolute atomic E-state index is 13.8. The number of aromatic nitrogens is 3. The van der Waals surface area contributed by atoms with Gasteiger partial charge in [-0.1, -0.05) is 0 Å². The minimum atomic E-state index is -4.73. The Morgan fingerprint density at radius 3 is 2.58 bits per heavy atom. The second kappa shape index (κ2) is 9.65. The van der Waals surface area contributed by atoms with E-state index in [-0.39, 0.29) is 43.0 Å². The molecular formula is C22H23F5N6O3. The summed E-state index contributed by atoms with van der Waals surface area (Å²) in [5, 5.41) is 9.81. The Hall–Kier alpha value is -3.26. The predicted octanol–water partition coefficient (Wildman–Crippen LogP) is 1.74. The zero-order valence-corrected chi connectivity index (χ0v) is 18.9. The highest BCUT2D eigenvalue weighted by atomic mass is 19.4. The van der Waals surface area contributed by atoms with Gasteiger partial charge in [0.2, 0.25) is 11.8 Å².